The second-order valence-electron chi connectivity index (χ2n) is 3.98. The Labute approximate surface area is 86.1 Å². The highest BCUT2D eigenvalue weighted by Gasteiger charge is 2.15. The van der Waals surface area contributed by atoms with E-state index in [9.17, 15) is 0 Å². The van der Waals surface area contributed by atoms with Gasteiger partial charge in [-0.15, -0.1) is 0 Å². The van der Waals surface area contributed by atoms with Crippen LogP contribution in [-0.4, -0.2) is 38.2 Å². The number of hydrazine groups is 1. The molecular weight excluding hydrogens is 178 g/mol. The lowest BCUT2D eigenvalue weighted by Gasteiger charge is -2.23. The average Bonchev–Trinajstić information content (AvgIpc) is 2.20. The molecule has 0 saturated heterocycles. The number of ether oxygens (including phenoxy) is 1. The van der Waals surface area contributed by atoms with Gasteiger partial charge in [-0.05, 0) is 45.5 Å². The molecule has 1 aliphatic heterocycles. The minimum Gasteiger partial charge on any atom is -0.501 e. The third-order valence-electron chi connectivity index (χ3n) is 2.48. The molecule has 0 aromatic heterocycles. The molecule has 1 aliphatic rings. The summed E-state index contributed by atoms with van der Waals surface area (Å²) in [5, 5.41) is 0. The Hall–Kier alpha value is -0.580. The lowest BCUT2D eigenvalue weighted by molar-refractivity contribution is 0.217. The van der Waals surface area contributed by atoms with Crippen LogP contribution in [-0.2, 0) is 4.74 Å². The fourth-order valence-corrected chi connectivity index (χ4v) is 1.60. The molecule has 3 N–H and O–H groups in total. The van der Waals surface area contributed by atoms with Gasteiger partial charge < -0.3 is 9.64 Å². The number of hydrogen-bond acceptors (Lipinski definition) is 4. The SMILES string of the molecule is CN(C)CCC(NN)C1=COCCC1. The first-order valence-corrected chi connectivity index (χ1v) is 5.15. The maximum atomic E-state index is 5.52. The molecule has 4 heteroatoms. The van der Waals surface area contributed by atoms with E-state index in [1.165, 1.54) is 5.57 Å². The van der Waals surface area contributed by atoms with E-state index in [0.717, 1.165) is 32.4 Å². The summed E-state index contributed by atoms with van der Waals surface area (Å²) >= 11 is 0. The largest absolute Gasteiger partial charge is 0.501 e. The zero-order valence-electron chi connectivity index (χ0n) is 9.12. The van der Waals surface area contributed by atoms with Crippen molar-refractivity contribution in [3.05, 3.63) is 11.8 Å². The Kier molecular flexibility index (Phi) is 4.93. The monoisotopic (exact) mass is 199 g/mol. The van der Waals surface area contributed by atoms with Crippen LogP contribution in [0, 0.1) is 0 Å². The quantitative estimate of drug-likeness (QED) is 0.499. The normalized spacial score (nSPS) is 19.0. The smallest absolute Gasteiger partial charge is 0.0876 e. The maximum absolute atomic E-state index is 5.52. The highest BCUT2D eigenvalue weighted by Crippen LogP contribution is 2.17. The Bertz CT molecular complexity index is 192. The molecule has 1 atom stereocenters. The molecule has 1 heterocycles. The third-order valence-corrected chi connectivity index (χ3v) is 2.48. The van der Waals surface area contributed by atoms with Crippen LogP contribution in [0.5, 0.6) is 0 Å². The van der Waals surface area contributed by atoms with E-state index in [1.807, 2.05) is 6.26 Å². The summed E-state index contributed by atoms with van der Waals surface area (Å²) in [5.74, 6) is 5.52. The number of nitrogens with two attached hydrogens (primary N) is 1. The summed E-state index contributed by atoms with van der Waals surface area (Å²) in [6, 6.07) is 0.262. The van der Waals surface area contributed by atoms with Gasteiger partial charge in [0.2, 0.25) is 0 Å². The number of hydrogen-bond donors (Lipinski definition) is 2. The van der Waals surface area contributed by atoms with Crippen molar-refractivity contribution >= 4 is 0 Å². The number of rotatable bonds is 5. The van der Waals surface area contributed by atoms with Crippen LogP contribution in [0.2, 0.25) is 0 Å². The van der Waals surface area contributed by atoms with Crippen molar-refractivity contribution in [3.63, 3.8) is 0 Å². The van der Waals surface area contributed by atoms with E-state index in [1.54, 1.807) is 0 Å². The van der Waals surface area contributed by atoms with Crippen molar-refractivity contribution in [3.8, 4) is 0 Å². The molecule has 0 spiro atoms. The molecule has 0 aromatic carbocycles. The van der Waals surface area contributed by atoms with Gasteiger partial charge in [-0.25, -0.2) is 0 Å². The van der Waals surface area contributed by atoms with Crippen LogP contribution in [0.1, 0.15) is 19.3 Å². The average molecular weight is 199 g/mol. The minimum atomic E-state index is 0.262. The lowest BCUT2D eigenvalue weighted by atomic mass is 10.00. The predicted molar refractivity (Wildman–Crippen MR) is 57.6 cm³/mol. The Morgan fingerprint density at radius 2 is 2.43 bits per heavy atom. The van der Waals surface area contributed by atoms with Crippen LogP contribution in [0.25, 0.3) is 0 Å². The van der Waals surface area contributed by atoms with Gasteiger partial charge in [0.25, 0.3) is 0 Å². The third kappa shape index (κ3) is 3.65. The van der Waals surface area contributed by atoms with Gasteiger partial charge in [-0.2, -0.15) is 0 Å². The van der Waals surface area contributed by atoms with Crippen molar-refractivity contribution in [1.82, 2.24) is 10.3 Å². The van der Waals surface area contributed by atoms with Crippen LogP contribution in [0.3, 0.4) is 0 Å². The Morgan fingerprint density at radius 1 is 1.64 bits per heavy atom. The fourth-order valence-electron chi connectivity index (χ4n) is 1.60. The summed E-state index contributed by atoms with van der Waals surface area (Å²) in [5.41, 5.74) is 4.14. The summed E-state index contributed by atoms with van der Waals surface area (Å²) in [4.78, 5) is 2.16. The number of nitrogens with zero attached hydrogens (tertiary/aromatic N) is 1. The Morgan fingerprint density at radius 3 is 2.93 bits per heavy atom. The lowest BCUT2D eigenvalue weighted by Crippen LogP contribution is -2.39. The molecule has 1 rings (SSSR count). The van der Waals surface area contributed by atoms with Crippen LogP contribution in [0.15, 0.2) is 11.8 Å². The first-order chi connectivity index (χ1) is 6.74. The van der Waals surface area contributed by atoms with E-state index in [0.29, 0.717) is 0 Å². The molecule has 0 saturated carbocycles. The summed E-state index contributed by atoms with van der Waals surface area (Å²) < 4.78 is 5.30. The van der Waals surface area contributed by atoms with E-state index >= 15 is 0 Å². The van der Waals surface area contributed by atoms with Gasteiger partial charge in [-0.1, -0.05) is 0 Å². The van der Waals surface area contributed by atoms with E-state index in [-0.39, 0.29) is 6.04 Å². The molecule has 0 radical (unpaired) electrons. The van der Waals surface area contributed by atoms with Crippen molar-refractivity contribution in [2.24, 2.45) is 5.84 Å². The highest BCUT2D eigenvalue weighted by atomic mass is 16.5. The summed E-state index contributed by atoms with van der Waals surface area (Å²) in [6.45, 7) is 1.88. The number of nitrogens with one attached hydrogen (secondary N) is 1. The minimum absolute atomic E-state index is 0.262. The van der Waals surface area contributed by atoms with Crippen molar-refractivity contribution in [1.29, 1.82) is 0 Å². The molecule has 14 heavy (non-hydrogen) atoms. The molecule has 0 fully saturated rings. The molecule has 0 amide bonds. The van der Waals surface area contributed by atoms with E-state index in [2.05, 4.69) is 24.4 Å². The van der Waals surface area contributed by atoms with Crippen LogP contribution in [0.4, 0.5) is 0 Å². The van der Waals surface area contributed by atoms with Gasteiger partial charge in [0.15, 0.2) is 0 Å². The fraction of sp³-hybridized carbons (Fsp3) is 0.800. The van der Waals surface area contributed by atoms with Gasteiger partial charge >= 0.3 is 0 Å². The second-order valence-corrected chi connectivity index (χ2v) is 3.98. The molecule has 0 bridgehead atoms. The van der Waals surface area contributed by atoms with E-state index < -0.39 is 0 Å². The molecule has 1 unspecified atom stereocenters. The maximum Gasteiger partial charge on any atom is 0.0876 e. The molecule has 82 valence electrons. The van der Waals surface area contributed by atoms with Crippen molar-refractivity contribution < 1.29 is 4.74 Å². The van der Waals surface area contributed by atoms with Gasteiger partial charge in [0.1, 0.15) is 0 Å². The van der Waals surface area contributed by atoms with Crippen molar-refractivity contribution in [2.45, 2.75) is 25.3 Å². The zero-order valence-corrected chi connectivity index (χ0v) is 9.12. The predicted octanol–water partition coefficient (Wildman–Crippen LogP) is 0.464. The molecule has 4 nitrogen and oxygen atoms in total. The first-order valence-electron chi connectivity index (χ1n) is 5.15. The highest BCUT2D eigenvalue weighted by molar-refractivity contribution is 5.09. The van der Waals surface area contributed by atoms with Crippen LogP contribution < -0.4 is 11.3 Å². The van der Waals surface area contributed by atoms with Crippen molar-refractivity contribution in [2.75, 3.05) is 27.2 Å². The summed E-state index contributed by atoms with van der Waals surface area (Å²) in [6.07, 6.45) is 5.09. The first kappa shape index (κ1) is 11.5. The van der Waals surface area contributed by atoms with Gasteiger partial charge in [0.05, 0.1) is 12.9 Å². The summed E-state index contributed by atoms with van der Waals surface area (Å²) in [7, 11) is 4.14. The second kappa shape index (κ2) is 6.01. The standard InChI is InChI=1S/C10H21N3O/c1-13(2)6-5-10(12-11)9-4-3-7-14-8-9/h8,10,12H,3-7,11H2,1-2H3. The van der Waals surface area contributed by atoms with Crippen LogP contribution >= 0.6 is 0 Å². The topological polar surface area (TPSA) is 50.5 Å². The zero-order chi connectivity index (χ0) is 10.4. The molecule has 0 aromatic rings. The Balaban J connectivity index is 2.39. The van der Waals surface area contributed by atoms with Gasteiger partial charge in [-0.3, -0.25) is 11.3 Å². The van der Waals surface area contributed by atoms with Gasteiger partial charge in [0, 0.05) is 6.04 Å². The molecular formula is C10H21N3O. The van der Waals surface area contributed by atoms with E-state index in [4.69, 9.17) is 10.6 Å². The molecule has 0 aliphatic carbocycles.